The fraction of sp³-hybridized carbons (Fsp3) is 0.538. The number of nitro benzene ring substituents is 1. The lowest BCUT2D eigenvalue weighted by Gasteiger charge is -2.19. The van der Waals surface area contributed by atoms with Crippen LogP contribution in [0.3, 0.4) is 0 Å². The Kier molecular flexibility index (Phi) is 5.04. The van der Waals surface area contributed by atoms with Crippen molar-refractivity contribution >= 4 is 23.1 Å². The molecule has 0 amide bonds. The topological polar surface area (TPSA) is 58.4 Å². The zero-order valence-corrected chi connectivity index (χ0v) is 11.9. The van der Waals surface area contributed by atoms with Crippen molar-refractivity contribution in [2.24, 2.45) is 0 Å². The zero-order valence-electron chi connectivity index (χ0n) is 11.1. The van der Waals surface area contributed by atoms with Crippen LogP contribution in [0.4, 0.5) is 11.4 Å². The molecule has 1 fully saturated rings. The Bertz CT molecular complexity index is 446. The van der Waals surface area contributed by atoms with E-state index in [1.807, 2.05) is 23.9 Å². The molecule has 1 saturated heterocycles. The third-order valence-corrected chi connectivity index (χ3v) is 4.30. The quantitative estimate of drug-likeness (QED) is 0.679. The molecular weight excluding hydrogens is 262 g/mol. The highest BCUT2D eigenvalue weighted by molar-refractivity contribution is 7.99. The first kappa shape index (κ1) is 14.1. The summed E-state index contributed by atoms with van der Waals surface area (Å²) in [6.07, 6.45) is 1.22. The first-order chi connectivity index (χ1) is 9.20. The predicted molar refractivity (Wildman–Crippen MR) is 79.9 cm³/mol. The van der Waals surface area contributed by atoms with Crippen LogP contribution in [0.5, 0.6) is 0 Å². The van der Waals surface area contributed by atoms with Gasteiger partial charge in [0.15, 0.2) is 0 Å². The monoisotopic (exact) mass is 281 g/mol. The minimum Gasteiger partial charge on any atom is -0.383 e. The molecule has 1 N–H and O–H groups in total. The van der Waals surface area contributed by atoms with Gasteiger partial charge in [0.2, 0.25) is 0 Å². The van der Waals surface area contributed by atoms with E-state index in [2.05, 4.69) is 10.2 Å². The van der Waals surface area contributed by atoms with E-state index in [0.717, 1.165) is 25.2 Å². The summed E-state index contributed by atoms with van der Waals surface area (Å²) in [6, 6.07) is 5.33. The molecule has 2 rings (SSSR count). The number of rotatable bonds is 4. The second kappa shape index (κ2) is 6.77. The molecule has 0 aromatic heterocycles. The van der Waals surface area contributed by atoms with Gasteiger partial charge >= 0.3 is 0 Å². The van der Waals surface area contributed by atoms with Gasteiger partial charge in [-0.2, -0.15) is 11.8 Å². The second-order valence-electron chi connectivity index (χ2n) is 4.60. The Labute approximate surface area is 117 Å². The minimum atomic E-state index is -0.349. The van der Waals surface area contributed by atoms with Gasteiger partial charge in [0, 0.05) is 32.0 Å². The molecule has 1 aliphatic rings. The molecule has 1 aliphatic heterocycles. The van der Waals surface area contributed by atoms with Gasteiger partial charge < -0.3 is 5.32 Å². The normalized spacial score (nSPS) is 16.9. The van der Waals surface area contributed by atoms with E-state index in [1.165, 1.54) is 17.9 Å². The van der Waals surface area contributed by atoms with E-state index in [9.17, 15) is 10.1 Å². The molecule has 1 heterocycles. The molecule has 104 valence electrons. The van der Waals surface area contributed by atoms with E-state index < -0.39 is 0 Å². The molecule has 1 aromatic rings. The Morgan fingerprint density at radius 3 is 3.00 bits per heavy atom. The van der Waals surface area contributed by atoms with Crippen LogP contribution in [0, 0.1) is 10.1 Å². The average Bonchev–Trinajstić information content (AvgIpc) is 2.67. The first-order valence-electron chi connectivity index (χ1n) is 6.46. The van der Waals surface area contributed by atoms with Crippen molar-refractivity contribution < 1.29 is 4.92 Å². The highest BCUT2D eigenvalue weighted by Crippen LogP contribution is 2.25. The van der Waals surface area contributed by atoms with Crippen molar-refractivity contribution in [2.45, 2.75) is 13.0 Å². The highest BCUT2D eigenvalue weighted by atomic mass is 32.2. The predicted octanol–water partition coefficient (Wildman–Crippen LogP) is 2.58. The second-order valence-corrected chi connectivity index (χ2v) is 5.83. The summed E-state index contributed by atoms with van der Waals surface area (Å²) in [5.41, 5.74) is 1.85. The zero-order chi connectivity index (χ0) is 13.7. The van der Waals surface area contributed by atoms with Gasteiger partial charge in [-0.3, -0.25) is 15.0 Å². The van der Waals surface area contributed by atoms with Crippen LogP contribution in [0.25, 0.3) is 0 Å². The lowest BCUT2D eigenvalue weighted by molar-refractivity contribution is -0.384. The van der Waals surface area contributed by atoms with Gasteiger partial charge in [-0.1, -0.05) is 6.07 Å². The first-order valence-corrected chi connectivity index (χ1v) is 7.61. The van der Waals surface area contributed by atoms with Gasteiger partial charge in [-0.15, -0.1) is 0 Å². The van der Waals surface area contributed by atoms with Crippen LogP contribution in [-0.2, 0) is 6.54 Å². The molecule has 0 atom stereocenters. The maximum atomic E-state index is 10.9. The van der Waals surface area contributed by atoms with Crippen LogP contribution in [0.15, 0.2) is 18.2 Å². The van der Waals surface area contributed by atoms with E-state index in [4.69, 9.17) is 0 Å². The summed E-state index contributed by atoms with van der Waals surface area (Å²) in [6.45, 7) is 3.07. The van der Waals surface area contributed by atoms with E-state index in [1.54, 1.807) is 13.1 Å². The molecule has 5 nitrogen and oxygen atoms in total. The summed E-state index contributed by atoms with van der Waals surface area (Å²) in [5.74, 6) is 2.41. The largest absolute Gasteiger partial charge is 0.383 e. The van der Waals surface area contributed by atoms with Crippen molar-refractivity contribution in [1.82, 2.24) is 4.90 Å². The number of nitrogens with one attached hydrogen (secondary N) is 1. The number of anilines is 1. The van der Waals surface area contributed by atoms with Crippen molar-refractivity contribution in [3.8, 4) is 0 Å². The number of hydrogen-bond donors (Lipinski definition) is 1. The molecule has 19 heavy (non-hydrogen) atoms. The third-order valence-electron chi connectivity index (χ3n) is 3.25. The van der Waals surface area contributed by atoms with Gasteiger partial charge in [0.25, 0.3) is 5.69 Å². The van der Waals surface area contributed by atoms with Gasteiger partial charge in [-0.25, -0.2) is 0 Å². The standard InChI is InChI=1S/C13H19N3O2S/c1-14-12-9-11(3-4-13(12)16(17)18)10-15-5-2-7-19-8-6-15/h3-4,9,14H,2,5-8,10H2,1H3. The maximum Gasteiger partial charge on any atom is 0.292 e. The average molecular weight is 281 g/mol. The smallest absolute Gasteiger partial charge is 0.292 e. The van der Waals surface area contributed by atoms with Crippen LogP contribution in [-0.4, -0.2) is 41.5 Å². The molecule has 0 unspecified atom stereocenters. The fourth-order valence-electron chi connectivity index (χ4n) is 2.26. The number of nitro groups is 1. The van der Waals surface area contributed by atoms with Crippen LogP contribution >= 0.6 is 11.8 Å². The van der Waals surface area contributed by atoms with Crippen molar-refractivity contribution in [3.05, 3.63) is 33.9 Å². The van der Waals surface area contributed by atoms with Crippen LogP contribution < -0.4 is 5.32 Å². The number of thioether (sulfide) groups is 1. The molecule has 6 heteroatoms. The van der Waals surface area contributed by atoms with Crippen LogP contribution in [0.2, 0.25) is 0 Å². The highest BCUT2D eigenvalue weighted by Gasteiger charge is 2.15. The molecule has 0 spiro atoms. The Balaban J connectivity index is 2.09. The fourth-order valence-corrected chi connectivity index (χ4v) is 3.18. The van der Waals surface area contributed by atoms with Crippen molar-refractivity contribution in [2.75, 3.05) is 37.0 Å². The lowest BCUT2D eigenvalue weighted by Crippen LogP contribution is -2.25. The summed E-state index contributed by atoms with van der Waals surface area (Å²) < 4.78 is 0. The summed E-state index contributed by atoms with van der Waals surface area (Å²) in [7, 11) is 1.72. The maximum absolute atomic E-state index is 10.9. The van der Waals surface area contributed by atoms with Gasteiger partial charge in [-0.05, 0) is 30.3 Å². The summed E-state index contributed by atoms with van der Waals surface area (Å²) in [4.78, 5) is 12.9. The Morgan fingerprint density at radius 2 is 2.26 bits per heavy atom. The van der Waals surface area contributed by atoms with E-state index in [0.29, 0.717) is 5.69 Å². The molecule has 1 aromatic carbocycles. The molecular formula is C13H19N3O2S. The minimum absolute atomic E-state index is 0.137. The summed E-state index contributed by atoms with van der Waals surface area (Å²) in [5, 5.41) is 13.8. The van der Waals surface area contributed by atoms with E-state index >= 15 is 0 Å². The number of benzene rings is 1. The Morgan fingerprint density at radius 1 is 1.42 bits per heavy atom. The molecule has 0 radical (unpaired) electrons. The van der Waals surface area contributed by atoms with Gasteiger partial charge in [0.05, 0.1) is 4.92 Å². The van der Waals surface area contributed by atoms with Gasteiger partial charge in [0.1, 0.15) is 5.69 Å². The SMILES string of the molecule is CNc1cc(CN2CCCSCC2)ccc1[N+](=O)[O-]. The number of hydrogen-bond acceptors (Lipinski definition) is 5. The third kappa shape index (κ3) is 3.84. The number of nitrogens with zero attached hydrogens (tertiary/aromatic N) is 2. The van der Waals surface area contributed by atoms with Crippen molar-refractivity contribution in [3.63, 3.8) is 0 Å². The van der Waals surface area contributed by atoms with E-state index in [-0.39, 0.29) is 10.6 Å². The Hall–Kier alpha value is -1.27. The molecule has 0 aliphatic carbocycles. The molecule has 0 saturated carbocycles. The lowest BCUT2D eigenvalue weighted by atomic mass is 10.1. The van der Waals surface area contributed by atoms with Crippen LogP contribution in [0.1, 0.15) is 12.0 Å². The summed E-state index contributed by atoms with van der Waals surface area (Å²) >= 11 is 2.00. The van der Waals surface area contributed by atoms with Crippen molar-refractivity contribution in [1.29, 1.82) is 0 Å². The molecule has 0 bridgehead atoms.